The molecule has 9 heteroatoms. The molecule has 0 aliphatic heterocycles. The third-order valence-corrected chi connectivity index (χ3v) is 5.09. The van der Waals surface area contributed by atoms with Gasteiger partial charge in [-0.05, 0) is 50.6 Å². The third-order valence-electron chi connectivity index (χ3n) is 3.97. The maximum Gasteiger partial charge on any atom is 0.342 e. The first-order valence-corrected chi connectivity index (χ1v) is 9.21. The van der Waals surface area contributed by atoms with Gasteiger partial charge in [-0.1, -0.05) is 0 Å². The number of hydrogen-bond donors (Lipinski definition) is 3. The van der Waals surface area contributed by atoms with E-state index in [9.17, 15) is 19.2 Å². The number of primary amides is 1. The average molecular weight is 403 g/mol. The van der Waals surface area contributed by atoms with Gasteiger partial charge in [-0.2, -0.15) is 0 Å². The number of esters is 1. The molecule has 1 atom stereocenters. The van der Waals surface area contributed by atoms with E-state index in [4.69, 9.17) is 10.5 Å². The minimum absolute atomic E-state index is 0.239. The fourth-order valence-corrected chi connectivity index (χ4v) is 3.45. The second kappa shape index (κ2) is 8.66. The summed E-state index contributed by atoms with van der Waals surface area (Å²) in [5.74, 6) is -2.11. The zero-order chi connectivity index (χ0) is 21.0. The fraction of sp³-hybridized carbons (Fsp3) is 0.263. The van der Waals surface area contributed by atoms with Crippen LogP contribution in [0.1, 0.15) is 45.0 Å². The van der Waals surface area contributed by atoms with Crippen LogP contribution in [0.4, 0.5) is 10.7 Å². The van der Waals surface area contributed by atoms with E-state index < -0.39 is 23.9 Å². The summed E-state index contributed by atoms with van der Waals surface area (Å²) in [5, 5.41) is 5.60. The zero-order valence-corrected chi connectivity index (χ0v) is 16.7. The van der Waals surface area contributed by atoms with Gasteiger partial charge < -0.3 is 21.1 Å². The lowest BCUT2D eigenvalue weighted by Gasteiger charge is -2.14. The molecular weight excluding hydrogens is 382 g/mol. The Kier molecular flexibility index (Phi) is 6.53. The third kappa shape index (κ3) is 4.95. The number of thiophene rings is 1. The van der Waals surface area contributed by atoms with Gasteiger partial charge in [-0.3, -0.25) is 14.4 Å². The van der Waals surface area contributed by atoms with Gasteiger partial charge in [0.15, 0.2) is 6.10 Å². The molecule has 0 radical (unpaired) electrons. The molecule has 0 spiro atoms. The van der Waals surface area contributed by atoms with Crippen LogP contribution in [-0.2, 0) is 14.3 Å². The molecule has 1 aromatic carbocycles. The predicted octanol–water partition coefficient (Wildman–Crippen LogP) is 2.61. The number of rotatable bonds is 6. The molecule has 0 aliphatic rings. The Morgan fingerprint density at radius 3 is 2.21 bits per heavy atom. The second-order valence-electron chi connectivity index (χ2n) is 6.15. The molecule has 2 rings (SSSR count). The first-order valence-electron chi connectivity index (χ1n) is 8.39. The van der Waals surface area contributed by atoms with Crippen molar-refractivity contribution < 1.29 is 23.9 Å². The number of benzene rings is 1. The molecule has 0 unspecified atom stereocenters. The van der Waals surface area contributed by atoms with E-state index in [0.29, 0.717) is 21.8 Å². The predicted molar refractivity (Wildman–Crippen MR) is 107 cm³/mol. The van der Waals surface area contributed by atoms with Crippen LogP contribution in [-0.4, -0.2) is 29.8 Å². The number of nitrogens with one attached hydrogen (secondary N) is 2. The molecule has 0 bridgehead atoms. The number of aryl methyl sites for hydroxylation is 1. The van der Waals surface area contributed by atoms with Crippen LogP contribution in [0.15, 0.2) is 24.3 Å². The Bertz CT molecular complexity index is 934. The number of carbonyl (C=O) groups excluding carboxylic acids is 4. The number of ether oxygens (including phenoxy) is 1. The summed E-state index contributed by atoms with van der Waals surface area (Å²) in [4.78, 5) is 48.2. The lowest BCUT2D eigenvalue weighted by atomic mass is 10.1. The summed E-state index contributed by atoms with van der Waals surface area (Å²) < 4.78 is 5.28. The lowest BCUT2D eigenvalue weighted by molar-refractivity contribution is -0.123. The molecule has 28 heavy (non-hydrogen) atoms. The van der Waals surface area contributed by atoms with Crippen molar-refractivity contribution in [2.75, 3.05) is 10.6 Å². The summed E-state index contributed by atoms with van der Waals surface area (Å²) in [6.07, 6.45) is -1.08. The SMILES string of the molecule is CC(=O)Nc1sc(C)c(C)c1C(=O)O[C@H](C)C(=O)Nc1ccc(C(N)=O)cc1. The molecule has 1 heterocycles. The first-order chi connectivity index (χ1) is 13.1. The molecule has 3 amide bonds. The van der Waals surface area contributed by atoms with E-state index >= 15 is 0 Å². The highest BCUT2D eigenvalue weighted by Crippen LogP contribution is 2.33. The standard InChI is InChI=1S/C19H21N3O5S/c1-9-11(3)28-18(21-12(4)23)15(9)19(26)27-10(2)17(25)22-14-7-5-13(6-8-14)16(20)24/h5-8,10H,1-4H3,(H2,20,24)(H,21,23)(H,22,25)/t10-/m1/s1. The van der Waals surface area contributed by atoms with Crippen molar-refractivity contribution in [3.05, 3.63) is 45.8 Å². The van der Waals surface area contributed by atoms with Crippen molar-refractivity contribution in [3.63, 3.8) is 0 Å². The van der Waals surface area contributed by atoms with Gasteiger partial charge >= 0.3 is 5.97 Å². The van der Waals surface area contributed by atoms with Gasteiger partial charge in [0.2, 0.25) is 11.8 Å². The van der Waals surface area contributed by atoms with E-state index in [2.05, 4.69) is 10.6 Å². The highest BCUT2D eigenvalue weighted by Gasteiger charge is 2.25. The minimum Gasteiger partial charge on any atom is -0.449 e. The van der Waals surface area contributed by atoms with E-state index in [-0.39, 0.29) is 11.5 Å². The molecule has 0 aliphatic carbocycles. The Morgan fingerprint density at radius 1 is 1.07 bits per heavy atom. The van der Waals surface area contributed by atoms with Crippen molar-refractivity contribution in [1.29, 1.82) is 0 Å². The number of hydrogen-bond acceptors (Lipinski definition) is 6. The summed E-state index contributed by atoms with van der Waals surface area (Å²) in [7, 11) is 0. The zero-order valence-electron chi connectivity index (χ0n) is 15.9. The highest BCUT2D eigenvalue weighted by molar-refractivity contribution is 7.16. The van der Waals surface area contributed by atoms with Gasteiger partial charge in [0, 0.05) is 23.1 Å². The first kappa shape index (κ1) is 21.1. The summed E-state index contributed by atoms with van der Waals surface area (Å²) in [5.41, 5.74) is 6.84. The summed E-state index contributed by atoms with van der Waals surface area (Å²) in [6, 6.07) is 6.00. The van der Waals surface area contributed by atoms with Crippen LogP contribution >= 0.6 is 11.3 Å². The van der Waals surface area contributed by atoms with Gasteiger partial charge in [-0.25, -0.2) is 4.79 Å². The van der Waals surface area contributed by atoms with Crippen LogP contribution < -0.4 is 16.4 Å². The molecule has 0 fully saturated rings. The molecule has 4 N–H and O–H groups in total. The molecular formula is C19H21N3O5S. The van der Waals surface area contributed by atoms with E-state index in [1.54, 1.807) is 6.92 Å². The maximum absolute atomic E-state index is 12.6. The van der Waals surface area contributed by atoms with Gasteiger partial charge in [-0.15, -0.1) is 11.3 Å². The van der Waals surface area contributed by atoms with Crippen LogP contribution in [0.25, 0.3) is 0 Å². The van der Waals surface area contributed by atoms with E-state index in [1.165, 1.54) is 49.4 Å². The monoisotopic (exact) mass is 403 g/mol. The Labute approximate surface area is 166 Å². The van der Waals surface area contributed by atoms with E-state index in [0.717, 1.165) is 4.88 Å². The minimum atomic E-state index is -1.08. The molecule has 1 aromatic heterocycles. The van der Waals surface area contributed by atoms with Crippen LogP contribution in [0, 0.1) is 13.8 Å². The quantitative estimate of drug-likeness (QED) is 0.639. The number of nitrogens with two attached hydrogens (primary N) is 1. The summed E-state index contributed by atoms with van der Waals surface area (Å²) >= 11 is 1.27. The van der Waals surface area contributed by atoms with Crippen molar-refractivity contribution in [2.24, 2.45) is 5.73 Å². The molecule has 8 nitrogen and oxygen atoms in total. The number of anilines is 2. The lowest BCUT2D eigenvalue weighted by Crippen LogP contribution is -2.30. The Balaban J connectivity index is 2.08. The van der Waals surface area contributed by atoms with Gasteiger partial charge in [0.25, 0.3) is 5.91 Å². The van der Waals surface area contributed by atoms with Gasteiger partial charge in [0.05, 0.1) is 5.56 Å². The molecule has 0 saturated carbocycles. The topological polar surface area (TPSA) is 128 Å². The Hall–Kier alpha value is -3.20. The summed E-state index contributed by atoms with van der Waals surface area (Å²) in [6.45, 7) is 6.36. The number of carbonyl (C=O) groups is 4. The fourth-order valence-electron chi connectivity index (χ4n) is 2.36. The van der Waals surface area contributed by atoms with Crippen molar-refractivity contribution in [1.82, 2.24) is 0 Å². The Morgan fingerprint density at radius 2 is 1.68 bits per heavy atom. The van der Waals surface area contributed by atoms with Crippen molar-refractivity contribution in [3.8, 4) is 0 Å². The normalized spacial score (nSPS) is 11.4. The second-order valence-corrected chi connectivity index (χ2v) is 7.37. The average Bonchev–Trinajstić information content (AvgIpc) is 2.88. The van der Waals surface area contributed by atoms with Crippen molar-refractivity contribution >= 4 is 45.7 Å². The van der Waals surface area contributed by atoms with Crippen LogP contribution in [0.2, 0.25) is 0 Å². The van der Waals surface area contributed by atoms with E-state index in [1.807, 2.05) is 6.92 Å². The molecule has 2 aromatic rings. The van der Waals surface area contributed by atoms with Crippen LogP contribution in [0.5, 0.6) is 0 Å². The maximum atomic E-state index is 12.6. The smallest absolute Gasteiger partial charge is 0.342 e. The molecule has 148 valence electrons. The van der Waals surface area contributed by atoms with Crippen molar-refractivity contribution in [2.45, 2.75) is 33.8 Å². The van der Waals surface area contributed by atoms with Crippen LogP contribution in [0.3, 0.4) is 0 Å². The largest absolute Gasteiger partial charge is 0.449 e. The number of amides is 3. The van der Waals surface area contributed by atoms with Gasteiger partial charge in [0.1, 0.15) is 5.00 Å². The molecule has 0 saturated heterocycles. The highest BCUT2D eigenvalue weighted by atomic mass is 32.1.